The Kier molecular flexibility index (Phi) is 5.86. The van der Waals surface area contributed by atoms with Crippen LogP contribution >= 0.6 is 0 Å². The van der Waals surface area contributed by atoms with E-state index in [4.69, 9.17) is 9.97 Å². The molecule has 2 heterocycles. The molecule has 0 N–H and O–H groups in total. The van der Waals surface area contributed by atoms with Crippen LogP contribution in [0.25, 0.3) is 56.0 Å². The summed E-state index contributed by atoms with van der Waals surface area (Å²) >= 11 is 0. The number of fused-ring (bicyclic) bond motifs is 2. The fourth-order valence-electron chi connectivity index (χ4n) is 5.26. The van der Waals surface area contributed by atoms with Crippen LogP contribution in [0.4, 0.5) is 0 Å². The summed E-state index contributed by atoms with van der Waals surface area (Å²) in [6.45, 7) is 1.98. The molecule has 6 nitrogen and oxygen atoms in total. The first-order valence-corrected chi connectivity index (χ1v) is 13.4. The van der Waals surface area contributed by atoms with Crippen molar-refractivity contribution < 1.29 is 0 Å². The third-order valence-electron chi connectivity index (χ3n) is 7.26. The lowest BCUT2D eigenvalue weighted by Gasteiger charge is -2.16. The average Bonchev–Trinajstić information content (AvgIpc) is 3.02. The first-order valence-electron chi connectivity index (χ1n) is 13.4. The molecule has 6 heteroatoms. The lowest BCUT2D eigenvalue weighted by Crippen LogP contribution is -2.40. The summed E-state index contributed by atoms with van der Waals surface area (Å²) in [4.78, 5) is 37.1. The van der Waals surface area contributed by atoms with E-state index in [1.165, 1.54) is 9.13 Å². The zero-order chi connectivity index (χ0) is 27.9. The molecular weight excluding hydrogens is 508 g/mol. The summed E-state index contributed by atoms with van der Waals surface area (Å²) in [7, 11) is 0. The lowest BCUT2D eigenvalue weighted by molar-refractivity contribution is 0.918. The van der Waals surface area contributed by atoms with Crippen LogP contribution < -0.4 is 11.1 Å². The van der Waals surface area contributed by atoms with Crippen LogP contribution in [0.5, 0.6) is 0 Å². The first-order chi connectivity index (χ1) is 20.1. The third-order valence-corrected chi connectivity index (χ3v) is 7.26. The van der Waals surface area contributed by atoms with Gasteiger partial charge in [-0.05, 0) is 49.4 Å². The molecule has 0 aliphatic carbocycles. The number of para-hydroxylation sites is 3. The van der Waals surface area contributed by atoms with Gasteiger partial charge in [-0.15, -0.1) is 0 Å². The molecule has 7 rings (SSSR count). The Balaban J connectivity index is 1.44. The molecule has 0 saturated carbocycles. The zero-order valence-corrected chi connectivity index (χ0v) is 22.2. The highest BCUT2D eigenvalue weighted by molar-refractivity contribution is 5.93. The number of hydrogen-bond donors (Lipinski definition) is 0. The van der Waals surface area contributed by atoms with Gasteiger partial charge in [0.25, 0.3) is 0 Å². The average molecular weight is 533 g/mol. The maximum atomic E-state index is 13.7. The second-order valence-corrected chi connectivity index (χ2v) is 9.93. The summed E-state index contributed by atoms with van der Waals surface area (Å²) in [6.07, 6.45) is 0. The predicted molar refractivity (Wildman–Crippen MR) is 164 cm³/mol. The largest absolute Gasteiger partial charge is 0.321 e. The van der Waals surface area contributed by atoms with Gasteiger partial charge in [-0.3, -0.25) is 18.7 Å². The van der Waals surface area contributed by atoms with Crippen molar-refractivity contribution in [2.75, 3.05) is 0 Å². The van der Waals surface area contributed by atoms with Crippen LogP contribution in [0.1, 0.15) is 5.56 Å². The minimum Gasteiger partial charge on any atom is -0.271 e. The van der Waals surface area contributed by atoms with Crippen molar-refractivity contribution in [2.24, 2.45) is 0 Å². The van der Waals surface area contributed by atoms with Crippen molar-refractivity contribution >= 4 is 21.9 Å². The van der Waals surface area contributed by atoms with Gasteiger partial charge in [0.15, 0.2) is 5.82 Å². The van der Waals surface area contributed by atoms with Crippen molar-refractivity contribution in [2.45, 2.75) is 6.92 Å². The van der Waals surface area contributed by atoms with E-state index in [-0.39, 0.29) is 0 Å². The Morgan fingerprint density at radius 2 is 1.15 bits per heavy atom. The molecule has 0 atom stereocenters. The number of aromatic nitrogens is 4. The van der Waals surface area contributed by atoms with E-state index >= 15 is 0 Å². The van der Waals surface area contributed by atoms with E-state index in [2.05, 4.69) is 0 Å². The van der Waals surface area contributed by atoms with Crippen LogP contribution in [0.2, 0.25) is 0 Å². The van der Waals surface area contributed by atoms with Crippen LogP contribution in [0.3, 0.4) is 0 Å². The van der Waals surface area contributed by atoms with Gasteiger partial charge in [0.2, 0.25) is 0 Å². The number of nitrogens with zero attached hydrogens (tertiary/aromatic N) is 4. The van der Waals surface area contributed by atoms with Gasteiger partial charge in [0, 0.05) is 22.2 Å². The van der Waals surface area contributed by atoms with Gasteiger partial charge in [-0.1, -0.05) is 90.5 Å². The number of rotatable bonds is 4. The van der Waals surface area contributed by atoms with Crippen molar-refractivity contribution in [3.8, 4) is 34.0 Å². The Hall–Kier alpha value is -5.62. The monoisotopic (exact) mass is 532 g/mol. The highest BCUT2D eigenvalue weighted by Gasteiger charge is 2.17. The van der Waals surface area contributed by atoms with Crippen molar-refractivity contribution in [1.82, 2.24) is 19.1 Å². The van der Waals surface area contributed by atoms with Gasteiger partial charge in [-0.2, -0.15) is 0 Å². The molecule has 2 aromatic heterocycles. The van der Waals surface area contributed by atoms with Crippen molar-refractivity contribution in [3.05, 3.63) is 154 Å². The molecule has 0 bridgehead atoms. The van der Waals surface area contributed by atoms with Crippen LogP contribution in [0.15, 0.2) is 137 Å². The first kappa shape index (κ1) is 24.4. The second-order valence-electron chi connectivity index (χ2n) is 9.93. The Labute approximate surface area is 235 Å². The Bertz CT molecular complexity index is 2200. The number of aryl methyl sites for hydroxylation is 1. The predicted octanol–water partition coefficient (Wildman–Crippen LogP) is 6.73. The normalized spacial score (nSPS) is 11.2. The number of benzene rings is 5. The Morgan fingerprint density at radius 1 is 0.537 bits per heavy atom. The van der Waals surface area contributed by atoms with E-state index in [1.807, 2.05) is 134 Å². The van der Waals surface area contributed by atoms with Crippen LogP contribution in [-0.4, -0.2) is 19.1 Å². The molecule has 0 saturated heterocycles. The van der Waals surface area contributed by atoms with E-state index in [9.17, 15) is 9.59 Å². The summed E-state index contributed by atoms with van der Waals surface area (Å²) < 4.78 is 2.96. The minimum absolute atomic E-state index is 0.537. The van der Waals surface area contributed by atoms with Crippen molar-refractivity contribution in [1.29, 1.82) is 0 Å². The highest BCUT2D eigenvalue weighted by Crippen LogP contribution is 2.30. The molecule has 41 heavy (non-hydrogen) atoms. The van der Waals surface area contributed by atoms with E-state index < -0.39 is 11.1 Å². The maximum absolute atomic E-state index is 13.7. The van der Waals surface area contributed by atoms with Gasteiger partial charge >= 0.3 is 11.1 Å². The summed E-state index contributed by atoms with van der Waals surface area (Å²) in [5.41, 5.74) is 5.68. The fraction of sp³-hybridized carbons (Fsp3) is 0.0286. The van der Waals surface area contributed by atoms with E-state index in [1.54, 1.807) is 0 Å². The molecular formula is C35H24N4O2. The van der Waals surface area contributed by atoms with Gasteiger partial charge < -0.3 is 0 Å². The van der Waals surface area contributed by atoms with Crippen LogP contribution in [0, 0.1) is 6.92 Å². The molecule has 0 spiro atoms. The van der Waals surface area contributed by atoms with Gasteiger partial charge in [-0.25, -0.2) is 9.97 Å². The van der Waals surface area contributed by atoms with Gasteiger partial charge in [0.05, 0.1) is 27.9 Å². The highest BCUT2D eigenvalue weighted by atomic mass is 16.2. The van der Waals surface area contributed by atoms with Crippen molar-refractivity contribution in [3.63, 3.8) is 0 Å². The molecule has 196 valence electrons. The molecule has 0 unspecified atom stereocenters. The molecule has 0 radical (unpaired) electrons. The van der Waals surface area contributed by atoms with E-state index in [0.717, 1.165) is 33.3 Å². The minimum atomic E-state index is -0.633. The SMILES string of the molecule is Cc1ccc(-n2c(=O)c(=O)n(-c3cccc(-c4nc(-c5ccccc5)c5ccccc5n4)c3)c3ccccc32)cc1. The van der Waals surface area contributed by atoms with Gasteiger partial charge in [0.1, 0.15) is 0 Å². The molecule has 5 aromatic carbocycles. The molecule has 0 amide bonds. The van der Waals surface area contributed by atoms with E-state index in [0.29, 0.717) is 28.2 Å². The summed E-state index contributed by atoms with van der Waals surface area (Å²) in [5.74, 6) is 0.537. The molecule has 0 fully saturated rings. The topological polar surface area (TPSA) is 69.8 Å². The second kappa shape index (κ2) is 9.84. The zero-order valence-electron chi connectivity index (χ0n) is 22.2. The Morgan fingerprint density at radius 3 is 1.88 bits per heavy atom. The smallest absolute Gasteiger partial charge is 0.271 e. The summed E-state index contributed by atoms with van der Waals surface area (Å²) in [6, 6.07) is 40.4. The quantitative estimate of drug-likeness (QED) is 0.236. The maximum Gasteiger partial charge on any atom is 0.321 e. The number of hydrogen-bond acceptors (Lipinski definition) is 4. The van der Waals surface area contributed by atoms with Crippen LogP contribution in [-0.2, 0) is 0 Å². The fourth-order valence-corrected chi connectivity index (χ4v) is 5.26. The lowest BCUT2D eigenvalue weighted by atomic mass is 10.1. The summed E-state index contributed by atoms with van der Waals surface area (Å²) in [5, 5.41) is 0.959. The standard InChI is InChI=1S/C35H24N4O2/c1-23-18-20-26(21-19-23)38-30-16-7-8-17-31(30)39(35(41)34(38)40)27-13-9-12-25(22-27)33-36-29-15-6-5-14-28(29)32(37-33)24-10-3-2-4-11-24/h2-22H,1H3. The molecule has 7 aromatic rings. The molecule has 0 aliphatic rings. The molecule has 0 aliphatic heterocycles. The third kappa shape index (κ3) is 4.22.